The van der Waals surface area contributed by atoms with Crippen molar-refractivity contribution in [1.29, 1.82) is 0 Å². The lowest BCUT2D eigenvalue weighted by atomic mass is 9.94. The lowest BCUT2D eigenvalue weighted by Crippen LogP contribution is -2.52. The number of hydrogen-bond acceptors (Lipinski definition) is 4. The van der Waals surface area contributed by atoms with Gasteiger partial charge in [-0.3, -0.25) is 4.90 Å². The summed E-state index contributed by atoms with van der Waals surface area (Å²) in [6, 6.07) is 4.31. The molecule has 2 aliphatic rings. The SMILES string of the molecule is Cc1ccc(S(=O)(=O)N2CCN(C3CCCCC3)CC2)s1. The van der Waals surface area contributed by atoms with Crippen LogP contribution in [-0.4, -0.2) is 49.8 Å². The molecule has 0 spiro atoms. The van der Waals surface area contributed by atoms with Crippen LogP contribution in [-0.2, 0) is 10.0 Å². The Labute approximate surface area is 131 Å². The second-order valence-corrected chi connectivity index (χ2v) is 9.55. The van der Waals surface area contributed by atoms with Gasteiger partial charge in [0.05, 0.1) is 0 Å². The van der Waals surface area contributed by atoms with Crippen LogP contribution < -0.4 is 0 Å². The van der Waals surface area contributed by atoms with Crippen molar-refractivity contribution in [1.82, 2.24) is 9.21 Å². The zero-order chi connectivity index (χ0) is 14.9. The Morgan fingerprint density at radius 3 is 2.29 bits per heavy atom. The first-order chi connectivity index (χ1) is 10.1. The molecule has 2 fully saturated rings. The molecule has 0 atom stereocenters. The van der Waals surface area contributed by atoms with Gasteiger partial charge in [0.25, 0.3) is 10.0 Å². The molecule has 0 aromatic carbocycles. The van der Waals surface area contributed by atoms with Crippen LogP contribution in [0.3, 0.4) is 0 Å². The maximum atomic E-state index is 12.6. The molecule has 0 radical (unpaired) electrons. The van der Waals surface area contributed by atoms with E-state index < -0.39 is 10.0 Å². The summed E-state index contributed by atoms with van der Waals surface area (Å²) in [5, 5.41) is 0. The van der Waals surface area contributed by atoms with Crippen LogP contribution in [0.4, 0.5) is 0 Å². The van der Waals surface area contributed by atoms with Crippen LogP contribution >= 0.6 is 11.3 Å². The molecule has 21 heavy (non-hydrogen) atoms. The molecule has 0 N–H and O–H groups in total. The van der Waals surface area contributed by atoms with Gasteiger partial charge in [0.1, 0.15) is 4.21 Å². The van der Waals surface area contributed by atoms with Crippen molar-refractivity contribution < 1.29 is 8.42 Å². The molecule has 1 aromatic heterocycles. The number of sulfonamides is 1. The van der Waals surface area contributed by atoms with Gasteiger partial charge in [0.2, 0.25) is 0 Å². The third-order valence-electron chi connectivity index (χ3n) is 4.67. The van der Waals surface area contributed by atoms with Gasteiger partial charge in [-0.05, 0) is 31.9 Å². The summed E-state index contributed by atoms with van der Waals surface area (Å²) in [5.74, 6) is 0. The molecule has 1 aliphatic carbocycles. The molecule has 1 saturated heterocycles. The predicted octanol–water partition coefficient (Wildman–Crippen LogP) is 2.70. The Balaban J connectivity index is 1.62. The molecule has 2 heterocycles. The molecule has 1 saturated carbocycles. The Morgan fingerprint density at radius 1 is 1.05 bits per heavy atom. The topological polar surface area (TPSA) is 40.6 Å². The average Bonchev–Trinajstić information content (AvgIpc) is 2.96. The maximum absolute atomic E-state index is 12.6. The Bertz CT molecular complexity index is 568. The van der Waals surface area contributed by atoms with E-state index >= 15 is 0 Å². The van der Waals surface area contributed by atoms with E-state index in [1.54, 1.807) is 10.4 Å². The molecule has 0 bridgehead atoms. The Kier molecular flexibility index (Phi) is 4.69. The zero-order valence-electron chi connectivity index (χ0n) is 12.6. The highest BCUT2D eigenvalue weighted by Crippen LogP contribution is 2.27. The van der Waals surface area contributed by atoms with E-state index in [9.17, 15) is 8.42 Å². The molecular weight excluding hydrogens is 304 g/mol. The number of hydrogen-bond donors (Lipinski definition) is 0. The molecule has 0 amide bonds. The van der Waals surface area contributed by atoms with E-state index in [4.69, 9.17) is 0 Å². The first-order valence-electron chi connectivity index (χ1n) is 7.88. The monoisotopic (exact) mass is 328 g/mol. The third-order valence-corrected chi connectivity index (χ3v) is 8.04. The van der Waals surface area contributed by atoms with Crippen molar-refractivity contribution in [3.63, 3.8) is 0 Å². The first kappa shape index (κ1) is 15.5. The van der Waals surface area contributed by atoms with Crippen molar-refractivity contribution in [2.45, 2.75) is 49.3 Å². The third kappa shape index (κ3) is 3.33. The second kappa shape index (κ2) is 6.36. The van der Waals surface area contributed by atoms with Crippen molar-refractivity contribution >= 4 is 21.4 Å². The van der Waals surface area contributed by atoms with Crippen molar-refractivity contribution in [2.24, 2.45) is 0 Å². The van der Waals surface area contributed by atoms with Gasteiger partial charge in [0.15, 0.2) is 0 Å². The normalized spacial score (nSPS) is 23.5. The molecule has 6 heteroatoms. The fourth-order valence-corrected chi connectivity index (χ4v) is 6.29. The molecule has 0 unspecified atom stereocenters. The molecule has 1 aromatic rings. The highest BCUT2D eigenvalue weighted by molar-refractivity contribution is 7.91. The quantitative estimate of drug-likeness (QED) is 0.856. The van der Waals surface area contributed by atoms with Gasteiger partial charge < -0.3 is 0 Å². The lowest BCUT2D eigenvalue weighted by Gasteiger charge is -2.40. The first-order valence-corrected chi connectivity index (χ1v) is 10.1. The summed E-state index contributed by atoms with van der Waals surface area (Å²) in [4.78, 5) is 3.56. The van der Waals surface area contributed by atoms with E-state index in [2.05, 4.69) is 4.90 Å². The van der Waals surface area contributed by atoms with Gasteiger partial charge in [-0.15, -0.1) is 11.3 Å². The molecule has 4 nitrogen and oxygen atoms in total. The number of rotatable bonds is 3. The van der Waals surface area contributed by atoms with E-state index in [0.717, 1.165) is 18.0 Å². The highest BCUT2D eigenvalue weighted by atomic mass is 32.2. The smallest absolute Gasteiger partial charge is 0.252 e. The van der Waals surface area contributed by atoms with E-state index in [-0.39, 0.29) is 0 Å². The Hall–Kier alpha value is -0.430. The standard InChI is InChI=1S/C15H24N2O2S2/c1-13-7-8-15(20-13)21(18,19)17-11-9-16(10-12-17)14-5-3-2-4-6-14/h7-8,14H,2-6,9-12H2,1H3. The molecule has 118 valence electrons. The largest absolute Gasteiger partial charge is 0.298 e. The van der Waals surface area contributed by atoms with E-state index in [1.807, 2.05) is 13.0 Å². The van der Waals surface area contributed by atoms with Crippen molar-refractivity contribution in [3.8, 4) is 0 Å². The number of piperazine rings is 1. The number of nitrogens with zero attached hydrogens (tertiary/aromatic N) is 2. The maximum Gasteiger partial charge on any atom is 0.252 e. The lowest BCUT2D eigenvalue weighted by molar-refractivity contribution is 0.111. The fraction of sp³-hybridized carbons (Fsp3) is 0.733. The van der Waals surface area contributed by atoms with Crippen LogP contribution in [0, 0.1) is 6.92 Å². The van der Waals surface area contributed by atoms with Gasteiger partial charge in [-0.25, -0.2) is 8.42 Å². The summed E-state index contributed by atoms with van der Waals surface area (Å²) in [5.41, 5.74) is 0. The van der Waals surface area contributed by atoms with E-state index in [1.165, 1.54) is 43.4 Å². The number of aryl methyl sites for hydroxylation is 1. The van der Waals surface area contributed by atoms with Gasteiger partial charge in [0, 0.05) is 37.1 Å². The van der Waals surface area contributed by atoms with Crippen LogP contribution in [0.15, 0.2) is 16.3 Å². The minimum atomic E-state index is -3.27. The molecular formula is C15H24N2O2S2. The van der Waals surface area contributed by atoms with Crippen LogP contribution in [0.1, 0.15) is 37.0 Å². The fourth-order valence-electron chi connectivity index (χ4n) is 3.43. The summed E-state index contributed by atoms with van der Waals surface area (Å²) >= 11 is 1.37. The predicted molar refractivity (Wildman–Crippen MR) is 86.3 cm³/mol. The zero-order valence-corrected chi connectivity index (χ0v) is 14.3. The second-order valence-electron chi connectivity index (χ2n) is 6.10. The minimum Gasteiger partial charge on any atom is -0.298 e. The van der Waals surface area contributed by atoms with Gasteiger partial charge in [-0.1, -0.05) is 19.3 Å². The molecule has 1 aliphatic heterocycles. The summed E-state index contributed by atoms with van der Waals surface area (Å²) < 4.78 is 27.4. The highest BCUT2D eigenvalue weighted by Gasteiger charge is 2.32. The molecule has 3 rings (SSSR count). The summed E-state index contributed by atoms with van der Waals surface area (Å²) in [7, 11) is -3.27. The van der Waals surface area contributed by atoms with Crippen molar-refractivity contribution in [2.75, 3.05) is 26.2 Å². The summed E-state index contributed by atoms with van der Waals surface area (Å²) in [6.07, 6.45) is 6.60. The van der Waals surface area contributed by atoms with Gasteiger partial charge in [-0.2, -0.15) is 4.31 Å². The van der Waals surface area contributed by atoms with Crippen LogP contribution in [0.2, 0.25) is 0 Å². The average molecular weight is 329 g/mol. The summed E-state index contributed by atoms with van der Waals surface area (Å²) in [6.45, 7) is 4.98. The number of thiophene rings is 1. The van der Waals surface area contributed by atoms with Crippen molar-refractivity contribution in [3.05, 3.63) is 17.0 Å². The van der Waals surface area contributed by atoms with E-state index in [0.29, 0.717) is 23.3 Å². The Morgan fingerprint density at radius 2 is 1.71 bits per heavy atom. The van der Waals surface area contributed by atoms with Crippen LogP contribution in [0.5, 0.6) is 0 Å². The minimum absolute atomic E-state index is 0.492. The van der Waals surface area contributed by atoms with Gasteiger partial charge >= 0.3 is 0 Å². The van der Waals surface area contributed by atoms with Crippen LogP contribution in [0.25, 0.3) is 0 Å².